The van der Waals surface area contributed by atoms with E-state index in [4.69, 9.17) is 16.2 Å². The van der Waals surface area contributed by atoms with Crippen molar-refractivity contribution in [1.82, 2.24) is 0 Å². The van der Waals surface area contributed by atoms with E-state index >= 15 is 0 Å². The highest BCUT2D eigenvalue weighted by molar-refractivity contribution is 6.03. The molecule has 0 aromatic heterocycles. The van der Waals surface area contributed by atoms with Crippen LogP contribution in [0.15, 0.2) is 42.5 Å². The molecule has 4 rings (SSSR count). The molecular weight excluding hydrogens is 356 g/mol. The second-order valence-electron chi connectivity index (χ2n) is 7.59. The van der Waals surface area contributed by atoms with Crippen LogP contribution in [0.25, 0.3) is 11.1 Å². The van der Waals surface area contributed by atoms with Crippen LogP contribution in [0, 0.1) is 5.92 Å². The fourth-order valence-electron chi connectivity index (χ4n) is 4.19. The molecule has 1 spiro atoms. The second kappa shape index (κ2) is 6.78. The first kappa shape index (κ1) is 18.2. The second-order valence-corrected chi connectivity index (χ2v) is 7.59. The van der Waals surface area contributed by atoms with Crippen molar-refractivity contribution >= 4 is 17.6 Å². The minimum absolute atomic E-state index is 0.0258. The van der Waals surface area contributed by atoms with Gasteiger partial charge in [-0.1, -0.05) is 18.2 Å². The number of carbonyl (C=O) groups excluding carboxylic acids is 3. The zero-order valence-electron chi connectivity index (χ0n) is 15.4. The number of rotatable bonds is 5. The summed E-state index contributed by atoms with van der Waals surface area (Å²) < 4.78 is 6.35. The Bertz CT molecular complexity index is 961. The molecule has 1 unspecified atom stereocenters. The number of ether oxygens (including phenoxy) is 1. The zero-order chi connectivity index (χ0) is 19.9. The zero-order valence-corrected chi connectivity index (χ0v) is 15.4. The van der Waals surface area contributed by atoms with Crippen molar-refractivity contribution in [2.24, 2.45) is 17.4 Å². The minimum atomic E-state index is -0.520. The number of Topliss-reactive ketones (excluding diaryl/α,β-unsaturated/α-hetero) is 1. The van der Waals surface area contributed by atoms with Crippen LogP contribution in [0.4, 0.5) is 0 Å². The van der Waals surface area contributed by atoms with Crippen molar-refractivity contribution < 1.29 is 19.1 Å². The van der Waals surface area contributed by atoms with Crippen molar-refractivity contribution in [3.8, 4) is 16.9 Å². The van der Waals surface area contributed by atoms with Crippen LogP contribution in [0.3, 0.4) is 0 Å². The molecule has 2 aromatic rings. The fourth-order valence-corrected chi connectivity index (χ4v) is 4.19. The molecule has 1 atom stereocenters. The lowest BCUT2D eigenvalue weighted by molar-refractivity contribution is -0.119. The first-order valence-corrected chi connectivity index (χ1v) is 9.45. The lowest BCUT2D eigenvalue weighted by Gasteiger charge is -2.49. The van der Waals surface area contributed by atoms with E-state index in [0.29, 0.717) is 23.3 Å². The number of hydrogen-bond acceptors (Lipinski definition) is 4. The maximum atomic E-state index is 13.1. The van der Waals surface area contributed by atoms with Crippen LogP contribution in [0.5, 0.6) is 5.75 Å². The molecule has 28 heavy (non-hydrogen) atoms. The number of amides is 2. The average Bonchev–Trinajstić information content (AvgIpc) is 2.65. The average molecular weight is 378 g/mol. The van der Waals surface area contributed by atoms with Gasteiger partial charge in [0.2, 0.25) is 11.8 Å². The van der Waals surface area contributed by atoms with Gasteiger partial charge in [0.15, 0.2) is 5.78 Å². The fraction of sp³-hybridized carbons (Fsp3) is 0.318. The van der Waals surface area contributed by atoms with Gasteiger partial charge < -0.3 is 16.2 Å². The van der Waals surface area contributed by atoms with E-state index in [2.05, 4.69) is 0 Å². The van der Waals surface area contributed by atoms with Crippen molar-refractivity contribution in [2.75, 3.05) is 0 Å². The molecule has 0 saturated heterocycles. The summed E-state index contributed by atoms with van der Waals surface area (Å²) in [5, 5.41) is 0. The Hall–Kier alpha value is -3.15. The molecule has 144 valence electrons. The third-order valence-corrected chi connectivity index (χ3v) is 5.89. The number of primary amides is 2. The van der Waals surface area contributed by atoms with Gasteiger partial charge in [-0.15, -0.1) is 0 Å². The molecule has 2 amide bonds. The van der Waals surface area contributed by atoms with Crippen molar-refractivity contribution in [1.29, 1.82) is 0 Å². The summed E-state index contributed by atoms with van der Waals surface area (Å²) in [6, 6.07) is 12.5. The van der Waals surface area contributed by atoms with E-state index in [1.54, 1.807) is 18.2 Å². The summed E-state index contributed by atoms with van der Waals surface area (Å²) in [6.45, 7) is 0. The van der Waals surface area contributed by atoms with E-state index in [1.807, 2.05) is 24.3 Å². The predicted octanol–water partition coefficient (Wildman–Crippen LogP) is 2.83. The predicted molar refractivity (Wildman–Crippen MR) is 104 cm³/mol. The van der Waals surface area contributed by atoms with Crippen LogP contribution < -0.4 is 16.2 Å². The van der Waals surface area contributed by atoms with Gasteiger partial charge in [-0.2, -0.15) is 0 Å². The Balaban J connectivity index is 1.66. The maximum absolute atomic E-state index is 13.1. The molecule has 0 bridgehead atoms. The van der Waals surface area contributed by atoms with Gasteiger partial charge in [0.1, 0.15) is 11.4 Å². The summed E-state index contributed by atoms with van der Waals surface area (Å²) >= 11 is 0. The van der Waals surface area contributed by atoms with E-state index in [9.17, 15) is 14.4 Å². The SMILES string of the molecule is NC(=O)CCC1C(=O)c2ccc(-c3ccc(C(N)=O)cc3)cc2OC12CCC2. The van der Waals surface area contributed by atoms with E-state index < -0.39 is 17.4 Å². The first-order valence-electron chi connectivity index (χ1n) is 9.45. The van der Waals surface area contributed by atoms with Crippen molar-refractivity contribution in [2.45, 2.75) is 37.7 Å². The van der Waals surface area contributed by atoms with Gasteiger partial charge in [-0.25, -0.2) is 0 Å². The van der Waals surface area contributed by atoms with E-state index in [0.717, 1.165) is 30.4 Å². The molecule has 2 aliphatic rings. The van der Waals surface area contributed by atoms with Gasteiger partial charge in [-0.05, 0) is 61.1 Å². The first-order chi connectivity index (χ1) is 13.4. The topological polar surface area (TPSA) is 112 Å². The highest BCUT2D eigenvalue weighted by Crippen LogP contribution is 2.50. The van der Waals surface area contributed by atoms with Crippen LogP contribution in [-0.2, 0) is 4.79 Å². The number of hydrogen-bond donors (Lipinski definition) is 2. The summed E-state index contributed by atoms with van der Waals surface area (Å²) in [5.74, 6) is -0.598. The maximum Gasteiger partial charge on any atom is 0.248 e. The third kappa shape index (κ3) is 3.05. The minimum Gasteiger partial charge on any atom is -0.486 e. The Kier molecular flexibility index (Phi) is 4.41. The summed E-state index contributed by atoms with van der Waals surface area (Å²) in [6.07, 6.45) is 3.22. The van der Waals surface area contributed by atoms with Crippen LogP contribution in [0.2, 0.25) is 0 Å². The molecule has 4 N–H and O–H groups in total. The Labute approximate surface area is 162 Å². The van der Waals surface area contributed by atoms with Gasteiger partial charge in [-0.3, -0.25) is 14.4 Å². The van der Waals surface area contributed by atoms with Crippen LogP contribution >= 0.6 is 0 Å². The van der Waals surface area contributed by atoms with Crippen LogP contribution in [0.1, 0.15) is 52.8 Å². The number of carbonyl (C=O) groups is 3. The van der Waals surface area contributed by atoms with Crippen molar-refractivity contribution in [3.63, 3.8) is 0 Å². The number of fused-ring (bicyclic) bond motifs is 1. The largest absolute Gasteiger partial charge is 0.486 e. The van der Waals surface area contributed by atoms with Gasteiger partial charge in [0.05, 0.1) is 11.5 Å². The molecule has 1 fully saturated rings. The number of benzene rings is 2. The Morgan fingerprint density at radius 3 is 2.29 bits per heavy atom. The molecule has 0 radical (unpaired) electrons. The molecule has 6 heteroatoms. The summed E-state index contributed by atoms with van der Waals surface area (Å²) in [7, 11) is 0. The molecule has 1 aliphatic heterocycles. The molecule has 2 aromatic carbocycles. The normalized spacial score (nSPS) is 19.4. The summed E-state index contributed by atoms with van der Waals surface area (Å²) in [4.78, 5) is 35.6. The Morgan fingerprint density at radius 2 is 1.71 bits per heavy atom. The quantitative estimate of drug-likeness (QED) is 0.833. The van der Waals surface area contributed by atoms with Crippen molar-refractivity contribution in [3.05, 3.63) is 53.6 Å². The Morgan fingerprint density at radius 1 is 1.04 bits per heavy atom. The third-order valence-electron chi connectivity index (χ3n) is 5.89. The molecule has 1 heterocycles. The van der Waals surface area contributed by atoms with E-state index in [1.165, 1.54) is 0 Å². The highest BCUT2D eigenvalue weighted by Gasteiger charge is 2.53. The van der Waals surface area contributed by atoms with Gasteiger partial charge in [0.25, 0.3) is 0 Å². The lowest BCUT2D eigenvalue weighted by Crippen LogP contribution is -2.55. The van der Waals surface area contributed by atoms with Gasteiger partial charge in [0, 0.05) is 12.0 Å². The number of nitrogens with two attached hydrogens (primary N) is 2. The summed E-state index contributed by atoms with van der Waals surface area (Å²) in [5.41, 5.74) is 12.9. The lowest BCUT2D eigenvalue weighted by atomic mass is 9.65. The smallest absolute Gasteiger partial charge is 0.248 e. The molecule has 6 nitrogen and oxygen atoms in total. The van der Waals surface area contributed by atoms with Gasteiger partial charge >= 0.3 is 0 Å². The highest BCUT2D eigenvalue weighted by atomic mass is 16.5. The standard InChI is InChI=1S/C22H22N2O4/c23-19(25)9-8-17-20(26)16-7-6-15(12-18(16)28-22(17)10-1-11-22)13-2-4-14(5-3-13)21(24)27/h2-7,12,17H,1,8-11H2,(H2,23,25)(H2,24,27). The monoisotopic (exact) mass is 378 g/mol. The molecule has 1 saturated carbocycles. The van der Waals surface area contributed by atoms with E-state index in [-0.39, 0.29) is 18.1 Å². The van der Waals surface area contributed by atoms with Crippen LogP contribution in [-0.4, -0.2) is 23.2 Å². The number of ketones is 1. The molecular formula is C22H22N2O4. The molecule has 1 aliphatic carbocycles.